The van der Waals surface area contributed by atoms with Gasteiger partial charge in [0.15, 0.2) is 0 Å². The Hall–Kier alpha value is -3.55. The van der Waals surface area contributed by atoms with Crippen molar-refractivity contribution < 1.29 is 14.7 Å². The van der Waals surface area contributed by atoms with Crippen molar-refractivity contribution in [3.8, 4) is 11.1 Å². The van der Waals surface area contributed by atoms with Gasteiger partial charge < -0.3 is 20.6 Å². The second-order valence-electron chi connectivity index (χ2n) is 9.94. The topological polar surface area (TPSA) is 94.6 Å². The molecular formula is C29H34N4O3. The van der Waals surface area contributed by atoms with E-state index in [0.29, 0.717) is 23.2 Å². The number of rotatable bonds is 8. The highest BCUT2D eigenvalue weighted by atomic mass is 16.3. The van der Waals surface area contributed by atoms with Gasteiger partial charge in [0.05, 0.1) is 12.6 Å². The number of hydrogen-bond donors (Lipinski definition) is 3. The highest BCUT2D eigenvalue weighted by molar-refractivity contribution is 5.95. The third kappa shape index (κ3) is 6.36. The quantitative estimate of drug-likeness (QED) is 0.452. The van der Waals surface area contributed by atoms with Crippen LogP contribution in [0.5, 0.6) is 0 Å². The fraction of sp³-hybridized carbons (Fsp3) is 0.345. The highest BCUT2D eigenvalue weighted by Crippen LogP contribution is 2.29. The molecule has 0 unspecified atom stereocenters. The zero-order chi connectivity index (χ0) is 25.5. The molecule has 7 nitrogen and oxygen atoms in total. The summed E-state index contributed by atoms with van der Waals surface area (Å²) in [7, 11) is 2.12. The lowest BCUT2D eigenvalue weighted by atomic mass is 9.80. The van der Waals surface area contributed by atoms with Crippen LogP contribution in [0.3, 0.4) is 0 Å². The van der Waals surface area contributed by atoms with Crippen LogP contribution in [0, 0.1) is 5.41 Å². The van der Waals surface area contributed by atoms with E-state index in [9.17, 15) is 14.7 Å². The number of hydrogen-bond acceptors (Lipinski definition) is 5. The first-order valence-corrected chi connectivity index (χ1v) is 12.4. The van der Waals surface area contributed by atoms with Crippen molar-refractivity contribution in [2.45, 2.75) is 25.8 Å². The average Bonchev–Trinajstić information content (AvgIpc) is 2.93. The molecule has 0 aliphatic carbocycles. The van der Waals surface area contributed by atoms with Gasteiger partial charge in [0, 0.05) is 30.1 Å². The SMILES string of the molecule is CN1CCC(C)(CNC(=O)c2cccc([C@@H](CO)NC(=O)c3ccc(-c4ccncc4)cc3)c2)CC1. The summed E-state index contributed by atoms with van der Waals surface area (Å²) in [6.07, 6.45) is 5.55. The lowest BCUT2D eigenvalue weighted by Crippen LogP contribution is -2.43. The third-order valence-corrected chi connectivity index (χ3v) is 7.07. The molecule has 1 saturated heterocycles. The van der Waals surface area contributed by atoms with Gasteiger partial charge >= 0.3 is 0 Å². The minimum atomic E-state index is -0.628. The molecule has 4 rings (SSSR count). The molecule has 1 atom stereocenters. The zero-order valence-corrected chi connectivity index (χ0v) is 20.9. The van der Waals surface area contributed by atoms with Crippen molar-refractivity contribution in [3.63, 3.8) is 0 Å². The predicted octanol–water partition coefficient (Wildman–Crippen LogP) is 3.67. The molecule has 0 radical (unpaired) electrons. The number of aromatic nitrogens is 1. The number of nitrogens with one attached hydrogen (secondary N) is 2. The van der Waals surface area contributed by atoms with E-state index >= 15 is 0 Å². The van der Waals surface area contributed by atoms with Crippen LogP contribution >= 0.6 is 0 Å². The fourth-order valence-electron chi connectivity index (χ4n) is 4.46. The summed E-state index contributed by atoms with van der Waals surface area (Å²) < 4.78 is 0. The smallest absolute Gasteiger partial charge is 0.251 e. The van der Waals surface area contributed by atoms with Gasteiger partial charge in [-0.3, -0.25) is 14.6 Å². The Morgan fingerprint density at radius 3 is 2.31 bits per heavy atom. The second kappa shape index (κ2) is 11.5. The van der Waals surface area contributed by atoms with Gasteiger partial charge in [0.25, 0.3) is 11.8 Å². The first-order chi connectivity index (χ1) is 17.4. The van der Waals surface area contributed by atoms with Crippen molar-refractivity contribution in [2.75, 3.05) is 33.3 Å². The Morgan fingerprint density at radius 1 is 0.972 bits per heavy atom. The number of aliphatic hydroxyl groups excluding tert-OH is 1. The number of aliphatic hydroxyl groups is 1. The molecule has 2 heterocycles. The Balaban J connectivity index is 1.39. The molecule has 188 valence electrons. The lowest BCUT2D eigenvalue weighted by molar-refractivity contribution is 0.0891. The molecule has 7 heteroatoms. The predicted molar refractivity (Wildman–Crippen MR) is 141 cm³/mol. The maximum Gasteiger partial charge on any atom is 0.251 e. The number of carbonyl (C=O) groups excluding carboxylic acids is 2. The van der Waals surface area contributed by atoms with E-state index in [0.717, 1.165) is 37.1 Å². The summed E-state index contributed by atoms with van der Waals surface area (Å²) in [4.78, 5) is 32.1. The van der Waals surface area contributed by atoms with E-state index in [1.807, 2.05) is 30.3 Å². The van der Waals surface area contributed by atoms with Crippen LogP contribution in [0.1, 0.15) is 52.1 Å². The van der Waals surface area contributed by atoms with Gasteiger partial charge in [0.1, 0.15) is 0 Å². The molecule has 0 bridgehead atoms. The lowest BCUT2D eigenvalue weighted by Gasteiger charge is -2.37. The molecule has 0 saturated carbocycles. The maximum atomic E-state index is 12.9. The van der Waals surface area contributed by atoms with Gasteiger partial charge in [-0.05, 0) is 91.5 Å². The van der Waals surface area contributed by atoms with Gasteiger partial charge in [-0.1, -0.05) is 31.2 Å². The molecule has 3 N–H and O–H groups in total. The monoisotopic (exact) mass is 486 g/mol. The number of likely N-dealkylation sites (tertiary alicyclic amines) is 1. The summed E-state index contributed by atoms with van der Waals surface area (Å²) in [5, 5.41) is 16.0. The average molecular weight is 487 g/mol. The standard InChI is InChI=1S/C29H34N4O3/c1-29(12-16-33(2)17-13-29)20-31-27(35)25-5-3-4-24(18-25)26(19-34)32-28(36)23-8-6-21(7-9-23)22-10-14-30-15-11-22/h3-11,14-15,18,26,34H,12-13,16-17,19-20H2,1-2H3,(H,31,35)(H,32,36)/t26-/m1/s1. The number of piperidine rings is 1. The Morgan fingerprint density at radius 2 is 1.64 bits per heavy atom. The summed E-state index contributed by atoms with van der Waals surface area (Å²) >= 11 is 0. The van der Waals surface area contributed by atoms with Gasteiger partial charge in [-0.2, -0.15) is 0 Å². The Bertz CT molecular complexity index is 1170. The van der Waals surface area contributed by atoms with Crippen LogP contribution in [0.4, 0.5) is 0 Å². The fourth-order valence-corrected chi connectivity index (χ4v) is 4.46. The molecule has 36 heavy (non-hydrogen) atoms. The van der Waals surface area contributed by atoms with Crippen molar-refractivity contribution in [2.24, 2.45) is 5.41 Å². The van der Waals surface area contributed by atoms with Gasteiger partial charge in [0.2, 0.25) is 0 Å². The van der Waals surface area contributed by atoms with E-state index < -0.39 is 6.04 Å². The Kier molecular flexibility index (Phi) is 8.13. The normalized spacial score (nSPS) is 16.2. The van der Waals surface area contributed by atoms with Crippen molar-refractivity contribution in [3.05, 3.63) is 89.7 Å². The zero-order valence-electron chi connectivity index (χ0n) is 20.9. The van der Waals surface area contributed by atoms with E-state index in [-0.39, 0.29) is 23.8 Å². The largest absolute Gasteiger partial charge is 0.394 e. The molecule has 1 aliphatic rings. The van der Waals surface area contributed by atoms with Crippen LogP contribution in [-0.2, 0) is 0 Å². The van der Waals surface area contributed by atoms with Gasteiger partial charge in [-0.15, -0.1) is 0 Å². The number of pyridine rings is 1. The van der Waals surface area contributed by atoms with E-state index in [1.165, 1.54) is 0 Å². The first-order valence-electron chi connectivity index (χ1n) is 12.4. The molecule has 1 aromatic heterocycles. The maximum absolute atomic E-state index is 12.9. The van der Waals surface area contributed by atoms with E-state index in [1.54, 1.807) is 42.7 Å². The molecule has 3 aromatic rings. The van der Waals surface area contributed by atoms with Crippen LogP contribution in [0.25, 0.3) is 11.1 Å². The molecule has 2 amide bonds. The minimum Gasteiger partial charge on any atom is -0.394 e. The molecule has 1 aliphatic heterocycles. The van der Waals surface area contributed by atoms with Crippen molar-refractivity contribution in [1.29, 1.82) is 0 Å². The summed E-state index contributed by atoms with van der Waals surface area (Å²) in [5.41, 5.74) is 3.78. The first kappa shape index (κ1) is 25.5. The van der Waals surface area contributed by atoms with Crippen molar-refractivity contribution in [1.82, 2.24) is 20.5 Å². The summed E-state index contributed by atoms with van der Waals surface area (Å²) in [5.74, 6) is -0.438. The number of carbonyl (C=O) groups is 2. The van der Waals surface area contributed by atoms with Crippen LogP contribution in [0.15, 0.2) is 73.1 Å². The molecule has 0 spiro atoms. The molecular weight excluding hydrogens is 452 g/mol. The third-order valence-electron chi connectivity index (χ3n) is 7.07. The summed E-state index contributed by atoms with van der Waals surface area (Å²) in [6.45, 7) is 4.63. The number of amides is 2. The van der Waals surface area contributed by atoms with Crippen LogP contribution in [-0.4, -0.2) is 60.1 Å². The van der Waals surface area contributed by atoms with Crippen molar-refractivity contribution >= 4 is 11.8 Å². The second-order valence-corrected chi connectivity index (χ2v) is 9.94. The molecule has 2 aromatic carbocycles. The number of benzene rings is 2. The van der Waals surface area contributed by atoms with E-state index in [4.69, 9.17) is 0 Å². The van der Waals surface area contributed by atoms with Crippen LogP contribution in [0.2, 0.25) is 0 Å². The Labute approximate surface area is 212 Å². The molecule has 1 fully saturated rings. The van der Waals surface area contributed by atoms with Gasteiger partial charge in [-0.25, -0.2) is 0 Å². The number of nitrogens with zero attached hydrogens (tertiary/aromatic N) is 2. The highest BCUT2D eigenvalue weighted by Gasteiger charge is 2.29. The summed E-state index contributed by atoms with van der Waals surface area (Å²) in [6, 6.07) is 17.5. The minimum absolute atomic E-state index is 0.0916. The van der Waals surface area contributed by atoms with Crippen LogP contribution < -0.4 is 10.6 Å². The van der Waals surface area contributed by atoms with E-state index in [2.05, 4.69) is 34.5 Å².